The van der Waals surface area contributed by atoms with Gasteiger partial charge in [-0.1, -0.05) is 20.8 Å². The van der Waals surface area contributed by atoms with E-state index in [0.29, 0.717) is 18.4 Å². The summed E-state index contributed by atoms with van der Waals surface area (Å²) in [7, 11) is 0. The first-order valence-corrected chi connectivity index (χ1v) is 6.89. The van der Waals surface area contributed by atoms with E-state index in [0.717, 1.165) is 12.0 Å². The molecule has 0 aliphatic heterocycles. The average Bonchev–Trinajstić information content (AvgIpc) is 2.75. The second-order valence-electron chi connectivity index (χ2n) is 5.82. The van der Waals surface area contributed by atoms with Crippen LogP contribution in [0.1, 0.15) is 40.2 Å². The van der Waals surface area contributed by atoms with Gasteiger partial charge < -0.3 is 9.84 Å². The fraction of sp³-hybridized carbons (Fsp3) is 0.600. The van der Waals surface area contributed by atoms with Crippen LogP contribution >= 0.6 is 0 Å². The lowest BCUT2D eigenvalue weighted by molar-refractivity contribution is -0.144. The molecule has 0 spiro atoms. The van der Waals surface area contributed by atoms with Crippen molar-refractivity contribution in [1.29, 1.82) is 0 Å². The molecule has 0 aliphatic carbocycles. The van der Waals surface area contributed by atoms with E-state index in [9.17, 15) is 4.79 Å². The van der Waals surface area contributed by atoms with Crippen molar-refractivity contribution in [3.05, 3.63) is 17.8 Å². The molecule has 20 heavy (non-hydrogen) atoms. The number of hydrogen-bond acceptors (Lipinski definition) is 3. The highest BCUT2D eigenvalue weighted by atomic mass is 16.5. The van der Waals surface area contributed by atoms with Crippen LogP contribution in [0, 0.1) is 11.3 Å². The third-order valence-corrected chi connectivity index (χ3v) is 2.94. The quantitative estimate of drug-likeness (QED) is 0.833. The summed E-state index contributed by atoms with van der Waals surface area (Å²) in [5.74, 6) is 0.238. The Morgan fingerprint density at radius 2 is 2.20 bits per heavy atom. The summed E-state index contributed by atoms with van der Waals surface area (Å²) >= 11 is 0. The minimum atomic E-state index is -0.937. The van der Waals surface area contributed by atoms with Gasteiger partial charge in [0.1, 0.15) is 0 Å². The smallest absolute Gasteiger partial charge is 0.312 e. The number of carboxylic acid groups (broad SMARTS) is 1. The van der Waals surface area contributed by atoms with Crippen LogP contribution in [0.15, 0.2) is 12.3 Å². The van der Waals surface area contributed by atoms with E-state index in [-0.39, 0.29) is 0 Å². The van der Waals surface area contributed by atoms with Gasteiger partial charge in [-0.05, 0) is 32.3 Å². The van der Waals surface area contributed by atoms with Crippen molar-refractivity contribution >= 4 is 12.2 Å². The van der Waals surface area contributed by atoms with E-state index >= 15 is 0 Å². The summed E-state index contributed by atoms with van der Waals surface area (Å²) in [6.07, 6.45) is 5.85. The molecule has 0 unspecified atom stereocenters. The first-order valence-electron chi connectivity index (χ1n) is 6.89. The van der Waals surface area contributed by atoms with Crippen LogP contribution in [0.4, 0.5) is 0 Å². The van der Waals surface area contributed by atoms with Crippen LogP contribution in [-0.4, -0.2) is 27.5 Å². The largest absolute Gasteiger partial charge is 0.481 e. The fourth-order valence-electron chi connectivity index (χ4n) is 1.47. The number of ether oxygens (including phenoxy) is 1. The van der Waals surface area contributed by atoms with E-state index in [4.69, 9.17) is 9.84 Å². The van der Waals surface area contributed by atoms with Crippen molar-refractivity contribution in [2.24, 2.45) is 11.3 Å². The Balaban J connectivity index is 2.98. The predicted octanol–water partition coefficient (Wildman–Crippen LogP) is 3.06. The average molecular weight is 280 g/mol. The highest BCUT2D eigenvalue weighted by Gasteiger charge is 2.23. The third kappa shape index (κ3) is 4.11. The van der Waals surface area contributed by atoms with Crippen molar-refractivity contribution in [2.45, 2.75) is 41.0 Å². The van der Waals surface area contributed by atoms with Crippen molar-refractivity contribution < 1.29 is 14.6 Å². The van der Waals surface area contributed by atoms with Gasteiger partial charge in [0.25, 0.3) is 0 Å². The summed E-state index contributed by atoms with van der Waals surface area (Å²) in [6, 6.07) is 0. The van der Waals surface area contributed by atoms with Crippen LogP contribution in [0.25, 0.3) is 6.20 Å². The Morgan fingerprint density at radius 1 is 1.55 bits per heavy atom. The number of rotatable bonds is 7. The van der Waals surface area contributed by atoms with Gasteiger partial charge in [0, 0.05) is 11.8 Å². The van der Waals surface area contributed by atoms with Gasteiger partial charge in [-0.15, -0.1) is 0 Å². The molecule has 0 atom stereocenters. The maximum Gasteiger partial charge on any atom is 0.312 e. The first-order chi connectivity index (χ1) is 9.27. The molecule has 5 nitrogen and oxygen atoms in total. The molecular formula is C15H24N2O3. The van der Waals surface area contributed by atoms with Gasteiger partial charge in [0.15, 0.2) is 0 Å². The zero-order valence-corrected chi connectivity index (χ0v) is 12.9. The normalized spacial score (nSPS) is 12.3. The highest BCUT2D eigenvalue weighted by Crippen LogP contribution is 2.22. The van der Waals surface area contributed by atoms with Gasteiger partial charge in [0.2, 0.25) is 5.88 Å². The Morgan fingerprint density at radius 3 is 2.70 bits per heavy atom. The van der Waals surface area contributed by atoms with Gasteiger partial charge in [-0.3, -0.25) is 4.79 Å². The Kier molecular flexibility index (Phi) is 5.36. The molecule has 0 aliphatic rings. The van der Waals surface area contributed by atoms with E-state index in [1.165, 1.54) is 0 Å². The molecule has 1 N–H and O–H groups in total. The van der Waals surface area contributed by atoms with E-state index < -0.39 is 11.4 Å². The van der Waals surface area contributed by atoms with Gasteiger partial charge in [-0.2, -0.15) is 5.10 Å². The maximum atomic E-state index is 11.1. The van der Waals surface area contributed by atoms with Gasteiger partial charge in [-0.25, -0.2) is 4.68 Å². The first kappa shape index (κ1) is 16.3. The van der Waals surface area contributed by atoms with E-state index in [1.54, 1.807) is 37.0 Å². The molecule has 112 valence electrons. The molecule has 1 aromatic rings. The number of aromatic nitrogens is 2. The summed E-state index contributed by atoms with van der Waals surface area (Å²) in [4.78, 5) is 11.1. The summed E-state index contributed by atoms with van der Waals surface area (Å²) in [5.41, 5.74) is 0.0802. The standard InChI is InChI=1S/C15H24N2O3/c1-6-12-9-16-17(13(12)20-10-11(2)3)8-7-15(4,5)14(18)19/h7-9,11H,6,10H2,1-5H3,(H,18,19)/b8-7+. The summed E-state index contributed by atoms with van der Waals surface area (Å²) in [6.45, 7) is 10.1. The third-order valence-electron chi connectivity index (χ3n) is 2.94. The molecule has 1 rings (SSSR count). The number of carboxylic acids is 1. The number of carbonyl (C=O) groups is 1. The second-order valence-corrected chi connectivity index (χ2v) is 5.82. The molecule has 1 aromatic heterocycles. The fourth-order valence-corrected chi connectivity index (χ4v) is 1.47. The topological polar surface area (TPSA) is 64.4 Å². The van der Waals surface area contributed by atoms with Crippen molar-refractivity contribution in [3.63, 3.8) is 0 Å². The number of aryl methyl sites for hydroxylation is 1. The van der Waals surface area contributed by atoms with E-state index in [1.807, 2.05) is 6.92 Å². The van der Waals surface area contributed by atoms with E-state index in [2.05, 4.69) is 18.9 Å². The van der Waals surface area contributed by atoms with Gasteiger partial charge in [0.05, 0.1) is 18.2 Å². The maximum absolute atomic E-state index is 11.1. The number of hydrogen-bond donors (Lipinski definition) is 1. The van der Waals surface area contributed by atoms with Crippen molar-refractivity contribution in [2.75, 3.05) is 6.61 Å². The molecule has 0 bridgehead atoms. The molecular weight excluding hydrogens is 256 g/mol. The molecule has 0 aromatic carbocycles. The minimum Gasteiger partial charge on any atom is -0.481 e. The molecule has 5 heteroatoms. The summed E-state index contributed by atoms with van der Waals surface area (Å²) in [5, 5.41) is 13.3. The highest BCUT2D eigenvalue weighted by molar-refractivity contribution is 5.76. The Labute approximate surface area is 120 Å². The van der Waals surface area contributed by atoms with Gasteiger partial charge >= 0.3 is 5.97 Å². The number of aliphatic carboxylic acids is 1. The zero-order valence-electron chi connectivity index (χ0n) is 12.9. The lowest BCUT2D eigenvalue weighted by atomic mass is 9.94. The lowest BCUT2D eigenvalue weighted by Crippen LogP contribution is -2.20. The predicted molar refractivity (Wildman–Crippen MR) is 78.7 cm³/mol. The van der Waals surface area contributed by atoms with Crippen molar-refractivity contribution in [1.82, 2.24) is 9.78 Å². The monoisotopic (exact) mass is 280 g/mol. The van der Waals surface area contributed by atoms with Crippen LogP contribution in [0.2, 0.25) is 0 Å². The summed E-state index contributed by atoms with van der Waals surface area (Å²) < 4.78 is 7.39. The van der Waals surface area contributed by atoms with Crippen LogP contribution in [0.5, 0.6) is 5.88 Å². The molecule has 0 saturated carbocycles. The SMILES string of the molecule is CCc1cnn(/C=C/C(C)(C)C(=O)O)c1OCC(C)C. The van der Waals surface area contributed by atoms with Crippen LogP contribution < -0.4 is 4.74 Å². The molecule has 0 radical (unpaired) electrons. The Hall–Kier alpha value is -1.78. The molecule has 0 saturated heterocycles. The second kappa shape index (κ2) is 6.59. The zero-order chi connectivity index (χ0) is 15.3. The molecule has 1 heterocycles. The lowest BCUT2D eigenvalue weighted by Gasteiger charge is -2.14. The molecule has 0 amide bonds. The van der Waals surface area contributed by atoms with Crippen LogP contribution in [-0.2, 0) is 11.2 Å². The Bertz CT molecular complexity index is 487. The number of nitrogens with zero attached hydrogens (tertiary/aromatic N) is 2. The molecule has 0 fully saturated rings. The van der Waals surface area contributed by atoms with Crippen molar-refractivity contribution in [3.8, 4) is 5.88 Å². The minimum absolute atomic E-state index is 0.419. The van der Waals surface area contributed by atoms with Crippen LogP contribution in [0.3, 0.4) is 0 Å².